The van der Waals surface area contributed by atoms with Crippen LogP contribution in [-0.4, -0.2) is 6.21 Å². The van der Waals surface area contributed by atoms with Gasteiger partial charge in [0, 0.05) is 15.6 Å². The van der Waals surface area contributed by atoms with E-state index in [0.717, 1.165) is 16.7 Å². The number of hydrogen-bond donors (Lipinski definition) is 1. The molecule has 0 amide bonds. The maximum absolute atomic E-state index is 6.14. The van der Waals surface area contributed by atoms with Crippen LogP contribution in [0, 0.1) is 0 Å². The van der Waals surface area contributed by atoms with Gasteiger partial charge in [0.05, 0.1) is 22.8 Å². The summed E-state index contributed by atoms with van der Waals surface area (Å²) in [5.41, 5.74) is 5.60. The predicted octanol–water partition coefficient (Wildman–Crippen LogP) is 7.00. The molecule has 0 aliphatic carbocycles. The van der Waals surface area contributed by atoms with Crippen molar-refractivity contribution >= 4 is 52.6 Å². The number of benzene rings is 3. The highest BCUT2D eigenvalue weighted by molar-refractivity contribution is 6.42. The van der Waals surface area contributed by atoms with Crippen molar-refractivity contribution in [3.63, 3.8) is 0 Å². The monoisotopic (exact) mass is 452 g/mol. The van der Waals surface area contributed by atoms with Crippen LogP contribution in [0.3, 0.4) is 0 Å². The van der Waals surface area contributed by atoms with Crippen molar-refractivity contribution in [2.45, 2.75) is 13.2 Å². The minimum Gasteiger partial charge on any atom is -0.488 e. The van der Waals surface area contributed by atoms with Crippen molar-refractivity contribution < 1.29 is 4.74 Å². The maximum Gasteiger partial charge on any atom is 0.128 e. The smallest absolute Gasteiger partial charge is 0.128 e. The van der Waals surface area contributed by atoms with E-state index in [0.29, 0.717) is 39.0 Å². The summed E-state index contributed by atoms with van der Waals surface area (Å²) >= 11 is 24.2. The lowest BCUT2D eigenvalue weighted by atomic mass is 10.2. The Kier molecular flexibility index (Phi) is 7.46. The molecule has 0 unspecified atom stereocenters. The zero-order valence-electron chi connectivity index (χ0n) is 14.6. The lowest BCUT2D eigenvalue weighted by Crippen LogP contribution is -2.06. The van der Waals surface area contributed by atoms with E-state index >= 15 is 0 Å². The van der Waals surface area contributed by atoms with Crippen LogP contribution in [0.4, 0.5) is 0 Å². The molecule has 0 aliphatic rings. The van der Waals surface area contributed by atoms with Crippen LogP contribution in [0.1, 0.15) is 16.7 Å². The molecule has 3 aromatic carbocycles. The molecule has 28 heavy (non-hydrogen) atoms. The Labute approximate surface area is 183 Å². The predicted molar refractivity (Wildman–Crippen MR) is 118 cm³/mol. The van der Waals surface area contributed by atoms with Crippen LogP contribution in [-0.2, 0) is 13.2 Å². The quantitative estimate of drug-likeness (QED) is 0.308. The summed E-state index contributed by atoms with van der Waals surface area (Å²) in [4.78, 5) is 0. The molecule has 0 spiro atoms. The highest BCUT2D eigenvalue weighted by Crippen LogP contribution is 2.25. The molecule has 3 nitrogen and oxygen atoms in total. The highest BCUT2D eigenvalue weighted by atomic mass is 35.5. The van der Waals surface area contributed by atoms with Gasteiger partial charge in [0.15, 0.2) is 0 Å². The minimum atomic E-state index is 0.340. The van der Waals surface area contributed by atoms with Crippen LogP contribution < -0.4 is 10.2 Å². The van der Waals surface area contributed by atoms with E-state index < -0.39 is 0 Å². The largest absolute Gasteiger partial charge is 0.488 e. The second-order valence-corrected chi connectivity index (χ2v) is 7.56. The number of hydrogen-bond acceptors (Lipinski definition) is 3. The molecule has 144 valence electrons. The topological polar surface area (TPSA) is 33.6 Å². The third-order valence-corrected chi connectivity index (χ3v) is 5.22. The van der Waals surface area contributed by atoms with E-state index in [2.05, 4.69) is 10.5 Å². The van der Waals surface area contributed by atoms with Gasteiger partial charge in [-0.05, 0) is 47.5 Å². The van der Waals surface area contributed by atoms with E-state index in [1.54, 1.807) is 36.5 Å². The lowest BCUT2D eigenvalue weighted by Gasteiger charge is -2.10. The third-order valence-electron chi connectivity index (χ3n) is 3.87. The average molecular weight is 454 g/mol. The van der Waals surface area contributed by atoms with Crippen molar-refractivity contribution in [1.82, 2.24) is 5.43 Å². The number of nitrogens with zero attached hydrogens (tertiary/aromatic N) is 1. The van der Waals surface area contributed by atoms with Gasteiger partial charge in [-0.25, -0.2) is 0 Å². The van der Waals surface area contributed by atoms with Gasteiger partial charge in [-0.3, -0.25) is 0 Å². The Bertz CT molecular complexity index is 992. The zero-order valence-corrected chi connectivity index (χ0v) is 17.7. The molecule has 0 bridgehead atoms. The summed E-state index contributed by atoms with van der Waals surface area (Å²) in [5, 5.41) is 6.53. The average Bonchev–Trinajstić information content (AvgIpc) is 2.68. The Morgan fingerprint density at radius 3 is 2.46 bits per heavy atom. The van der Waals surface area contributed by atoms with Crippen LogP contribution in [0.15, 0.2) is 65.8 Å². The van der Waals surface area contributed by atoms with Crippen molar-refractivity contribution in [3.8, 4) is 5.75 Å². The number of nitrogens with one attached hydrogen (secondary N) is 1. The molecule has 0 saturated carbocycles. The van der Waals surface area contributed by atoms with Gasteiger partial charge in [0.2, 0.25) is 0 Å². The van der Waals surface area contributed by atoms with Gasteiger partial charge in [0.1, 0.15) is 12.4 Å². The summed E-state index contributed by atoms with van der Waals surface area (Å²) < 4.78 is 5.91. The molecule has 0 saturated heterocycles. The molecular formula is C21H16Cl4N2O. The molecule has 7 heteroatoms. The van der Waals surface area contributed by atoms with Crippen molar-refractivity contribution in [2.24, 2.45) is 5.10 Å². The van der Waals surface area contributed by atoms with Gasteiger partial charge in [-0.15, -0.1) is 0 Å². The summed E-state index contributed by atoms with van der Waals surface area (Å²) in [6.07, 6.45) is 1.66. The number of ether oxygens (including phenoxy) is 1. The SMILES string of the molecule is Clc1ccc(OCc2ccc(Cl)c(Cl)c2)c(/C=N\NCc2ccccc2Cl)c1. The standard InChI is InChI=1S/C21H16Cl4N2O/c22-17-6-8-21(28-13-14-5-7-19(24)20(25)9-14)16(10-17)12-27-26-11-15-3-1-2-4-18(15)23/h1-10,12,26H,11,13H2/b27-12-. The number of rotatable bonds is 7. The van der Waals surface area contributed by atoms with Gasteiger partial charge in [-0.2, -0.15) is 5.10 Å². The maximum atomic E-state index is 6.14. The van der Waals surface area contributed by atoms with Crippen LogP contribution in [0.5, 0.6) is 5.75 Å². The van der Waals surface area contributed by atoms with E-state index in [1.165, 1.54) is 0 Å². The fourth-order valence-corrected chi connectivity index (χ4v) is 3.13. The second kappa shape index (κ2) is 10.0. The van der Waals surface area contributed by atoms with Gasteiger partial charge >= 0.3 is 0 Å². The van der Waals surface area contributed by atoms with Gasteiger partial charge in [0.25, 0.3) is 0 Å². The first-order valence-corrected chi connectivity index (χ1v) is 9.90. The molecule has 0 radical (unpaired) electrons. The lowest BCUT2D eigenvalue weighted by molar-refractivity contribution is 0.306. The molecule has 0 atom stereocenters. The molecule has 3 aromatic rings. The molecule has 1 N–H and O–H groups in total. The highest BCUT2D eigenvalue weighted by Gasteiger charge is 2.05. The molecular weight excluding hydrogens is 438 g/mol. The van der Waals surface area contributed by atoms with Crippen LogP contribution in [0.25, 0.3) is 0 Å². The normalized spacial score (nSPS) is 11.0. The first kappa shape index (κ1) is 20.8. The van der Waals surface area contributed by atoms with Gasteiger partial charge in [-0.1, -0.05) is 70.7 Å². The number of halogens is 4. The van der Waals surface area contributed by atoms with Gasteiger partial charge < -0.3 is 10.2 Å². The zero-order chi connectivity index (χ0) is 19.9. The van der Waals surface area contributed by atoms with E-state index in [1.807, 2.05) is 30.3 Å². The molecule has 0 aliphatic heterocycles. The molecule has 0 heterocycles. The second-order valence-electron chi connectivity index (χ2n) is 5.90. The van der Waals surface area contributed by atoms with Crippen molar-refractivity contribution in [2.75, 3.05) is 0 Å². The Morgan fingerprint density at radius 1 is 0.857 bits per heavy atom. The summed E-state index contributed by atoms with van der Waals surface area (Å²) in [6.45, 7) is 0.850. The third kappa shape index (κ3) is 5.79. The Hall–Kier alpha value is -1.91. The van der Waals surface area contributed by atoms with E-state index in [-0.39, 0.29) is 0 Å². The molecule has 0 fully saturated rings. The Morgan fingerprint density at radius 2 is 1.68 bits per heavy atom. The van der Waals surface area contributed by atoms with E-state index in [9.17, 15) is 0 Å². The fraction of sp³-hybridized carbons (Fsp3) is 0.0952. The first-order chi connectivity index (χ1) is 13.5. The Balaban J connectivity index is 1.66. The number of hydrazone groups is 1. The minimum absolute atomic E-state index is 0.340. The first-order valence-electron chi connectivity index (χ1n) is 8.38. The van der Waals surface area contributed by atoms with E-state index in [4.69, 9.17) is 51.1 Å². The fourth-order valence-electron chi connectivity index (χ4n) is 2.43. The molecule has 3 rings (SSSR count). The van der Waals surface area contributed by atoms with Crippen molar-refractivity contribution in [3.05, 3.63) is 97.4 Å². The van der Waals surface area contributed by atoms with Crippen LogP contribution in [0.2, 0.25) is 20.1 Å². The van der Waals surface area contributed by atoms with Crippen molar-refractivity contribution in [1.29, 1.82) is 0 Å². The summed E-state index contributed by atoms with van der Waals surface area (Å²) in [7, 11) is 0. The summed E-state index contributed by atoms with van der Waals surface area (Å²) in [5.74, 6) is 0.652. The summed E-state index contributed by atoms with van der Waals surface area (Å²) in [6, 6.07) is 18.3. The molecule has 0 aromatic heterocycles. The van der Waals surface area contributed by atoms with Crippen LogP contribution >= 0.6 is 46.4 Å².